The molecule has 1 unspecified atom stereocenters. The molecule has 0 aliphatic rings. The molecular weight excluding hydrogens is 336 g/mol. The van der Waals surface area contributed by atoms with Crippen molar-refractivity contribution in [3.63, 3.8) is 0 Å². The lowest BCUT2D eigenvalue weighted by atomic mass is 10.0. The zero-order chi connectivity index (χ0) is 19.0. The summed E-state index contributed by atoms with van der Waals surface area (Å²) in [5.74, 6) is 1.25. The topological polar surface area (TPSA) is 68.2 Å². The molecule has 0 saturated carbocycles. The van der Waals surface area contributed by atoms with Crippen molar-refractivity contribution in [2.24, 2.45) is 5.73 Å². The third-order valence-electron chi connectivity index (χ3n) is 4.77. The number of fused-ring (bicyclic) bond motifs is 2. The van der Waals surface area contributed by atoms with Gasteiger partial charge >= 0.3 is 0 Å². The first-order chi connectivity index (χ1) is 13.0. The van der Waals surface area contributed by atoms with Crippen molar-refractivity contribution in [3.05, 3.63) is 59.8 Å². The van der Waals surface area contributed by atoms with Gasteiger partial charge in [0.2, 0.25) is 0 Å². The van der Waals surface area contributed by atoms with Crippen LogP contribution in [0.5, 0.6) is 0 Å². The first kappa shape index (κ1) is 17.6. The first-order valence-corrected chi connectivity index (χ1v) is 9.19. The van der Waals surface area contributed by atoms with Crippen LogP contribution in [0.3, 0.4) is 0 Å². The van der Waals surface area contributed by atoms with E-state index in [1.807, 2.05) is 36.4 Å². The molecule has 27 heavy (non-hydrogen) atoms. The zero-order valence-electron chi connectivity index (χ0n) is 15.9. The predicted molar refractivity (Wildman–Crippen MR) is 110 cm³/mol. The molecule has 2 N–H and O–H groups in total. The number of aromatic nitrogens is 2. The fourth-order valence-electron chi connectivity index (χ4n) is 3.28. The van der Waals surface area contributed by atoms with E-state index in [2.05, 4.69) is 38.1 Å². The maximum Gasteiger partial charge on any atom is 0.196 e. The number of furan rings is 1. The Balaban J connectivity index is 1.85. The summed E-state index contributed by atoms with van der Waals surface area (Å²) in [7, 11) is 4.10. The fraction of sp³-hybridized carbons (Fsp3) is 0.273. The van der Waals surface area contributed by atoms with E-state index in [0.717, 1.165) is 40.5 Å². The minimum Gasteiger partial charge on any atom is -0.453 e. The molecule has 2 aromatic carbocycles. The molecular formula is C22H24N4O. The molecule has 4 rings (SSSR count). The van der Waals surface area contributed by atoms with E-state index in [1.54, 1.807) is 0 Å². The number of aryl methyl sites for hydroxylation is 1. The average Bonchev–Trinajstić information content (AvgIpc) is 3.09. The molecule has 0 saturated heterocycles. The molecule has 0 spiro atoms. The Morgan fingerprint density at radius 2 is 1.89 bits per heavy atom. The van der Waals surface area contributed by atoms with E-state index in [1.165, 1.54) is 5.56 Å². The van der Waals surface area contributed by atoms with Crippen LogP contribution >= 0.6 is 0 Å². The molecule has 138 valence electrons. The number of nitrogens with two attached hydrogens (primary N) is 1. The van der Waals surface area contributed by atoms with E-state index >= 15 is 0 Å². The van der Waals surface area contributed by atoms with Gasteiger partial charge < -0.3 is 15.1 Å². The van der Waals surface area contributed by atoms with Crippen molar-refractivity contribution in [2.45, 2.75) is 19.4 Å². The minimum atomic E-state index is -0.164. The number of benzene rings is 2. The van der Waals surface area contributed by atoms with Crippen LogP contribution in [-0.2, 0) is 0 Å². The van der Waals surface area contributed by atoms with Gasteiger partial charge in [-0.15, -0.1) is 0 Å². The quantitative estimate of drug-likeness (QED) is 0.574. The van der Waals surface area contributed by atoms with Gasteiger partial charge in [-0.2, -0.15) is 0 Å². The molecule has 5 heteroatoms. The van der Waals surface area contributed by atoms with E-state index < -0.39 is 0 Å². The Morgan fingerprint density at radius 3 is 2.67 bits per heavy atom. The lowest BCUT2D eigenvalue weighted by Crippen LogP contribution is -2.21. The molecule has 2 aromatic heterocycles. The van der Waals surface area contributed by atoms with Gasteiger partial charge in [-0.1, -0.05) is 29.8 Å². The highest BCUT2D eigenvalue weighted by atomic mass is 16.3. The number of hydrogen-bond donors (Lipinski definition) is 1. The summed E-state index contributed by atoms with van der Waals surface area (Å²) in [6.45, 7) is 2.97. The van der Waals surface area contributed by atoms with Crippen LogP contribution in [0.25, 0.3) is 33.5 Å². The smallest absolute Gasteiger partial charge is 0.196 e. The maximum absolute atomic E-state index is 6.53. The molecule has 0 aliphatic carbocycles. The summed E-state index contributed by atoms with van der Waals surface area (Å²) in [6.07, 6.45) is 0.826. The van der Waals surface area contributed by atoms with Crippen molar-refractivity contribution >= 4 is 21.9 Å². The Kier molecular flexibility index (Phi) is 4.64. The molecule has 0 aliphatic heterocycles. The number of nitrogens with zero attached hydrogens (tertiary/aromatic N) is 3. The van der Waals surface area contributed by atoms with Crippen LogP contribution < -0.4 is 5.73 Å². The average molecular weight is 360 g/mol. The summed E-state index contributed by atoms with van der Waals surface area (Å²) >= 11 is 0. The van der Waals surface area contributed by atoms with Crippen LogP contribution in [0.2, 0.25) is 0 Å². The van der Waals surface area contributed by atoms with Gasteiger partial charge in [-0.3, -0.25) is 0 Å². The SMILES string of the molecule is Cc1ccc2nc(-c3cc4ccccc4o3)nc(C(N)CCN(C)C)c2c1. The van der Waals surface area contributed by atoms with E-state index in [4.69, 9.17) is 20.1 Å². The minimum absolute atomic E-state index is 0.164. The molecule has 0 amide bonds. The van der Waals surface area contributed by atoms with E-state index in [-0.39, 0.29) is 6.04 Å². The summed E-state index contributed by atoms with van der Waals surface area (Å²) in [4.78, 5) is 11.7. The molecule has 2 heterocycles. The summed E-state index contributed by atoms with van der Waals surface area (Å²) < 4.78 is 5.99. The third-order valence-corrected chi connectivity index (χ3v) is 4.77. The van der Waals surface area contributed by atoms with Crippen molar-refractivity contribution in [1.29, 1.82) is 0 Å². The second kappa shape index (κ2) is 7.10. The van der Waals surface area contributed by atoms with Crippen molar-refractivity contribution in [1.82, 2.24) is 14.9 Å². The Bertz CT molecular complexity index is 1070. The highest BCUT2D eigenvalue weighted by molar-refractivity contribution is 5.85. The monoisotopic (exact) mass is 360 g/mol. The molecule has 4 aromatic rings. The summed E-state index contributed by atoms with van der Waals surface area (Å²) in [6, 6.07) is 16.0. The van der Waals surface area contributed by atoms with Gasteiger partial charge in [0.15, 0.2) is 11.6 Å². The van der Waals surface area contributed by atoms with Crippen LogP contribution in [0, 0.1) is 6.92 Å². The lowest BCUT2D eigenvalue weighted by molar-refractivity contribution is 0.381. The van der Waals surface area contributed by atoms with Gasteiger partial charge in [-0.05, 0) is 58.3 Å². The largest absolute Gasteiger partial charge is 0.453 e. The third kappa shape index (κ3) is 3.56. The summed E-state index contributed by atoms with van der Waals surface area (Å²) in [5.41, 5.74) is 10.3. The Labute approximate surface area is 158 Å². The van der Waals surface area contributed by atoms with Crippen molar-refractivity contribution < 1.29 is 4.42 Å². The highest BCUT2D eigenvalue weighted by Gasteiger charge is 2.18. The molecule has 0 radical (unpaired) electrons. The second-order valence-corrected chi connectivity index (χ2v) is 7.30. The van der Waals surface area contributed by atoms with E-state index in [0.29, 0.717) is 11.6 Å². The van der Waals surface area contributed by atoms with E-state index in [9.17, 15) is 0 Å². The van der Waals surface area contributed by atoms with Gasteiger partial charge in [0, 0.05) is 16.8 Å². The molecule has 5 nitrogen and oxygen atoms in total. The van der Waals surface area contributed by atoms with Crippen LogP contribution in [0.1, 0.15) is 23.7 Å². The van der Waals surface area contributed by atoms with Gasteiger partial charge in [-0.25, -0.2) is 9.97 Å². The number of para-hydroxylation sites is 1. The molecule has 0 fully saturated rings. The maximum atomic E-state index is 6.53. The normalized spacial score (nSPS) is 12.9. The summed E-state index contributed by atoms with van der Waals surface area (Å²) in [5, 5.41) is 2.06. The fourth-order valence-corrected chi connectivity index (χ4v) is 3.28. The second-order valence-electron chi connectivity index (χ2n) is 7.30. The number of hydrogen-bond acceptors (Lipinski definition) is 5. The first-order valence-electron chi connectivity index (χ1n) is 9.19. The van der Waals surface area contributed by atoms with Gasteiger partial charge in [0.25, 0.3) is 0 Å². The van der Waals surface area contributed by atoms with Crippen LogP contribution in [-0.4, -0.2) is 35.5 Å². The molecule has 0 bridgehead atoms. The Morgan fingerprint density at radius 1 is 1.07 bits per heavy atom. The molecule has 1 atom stereocenters. The Hall–Kier alpha value is -2.76. The van der Waals surface area contributed by atoms with Crippen LogP contribution in [0.4, 0.5) is 0 Å². The lowest BCUT2D eigenvalue weighted by Gasteiger charge is -2.17. The standard InChI is InChI=1S/C22H24N4O/c1-14-8-9-18-16(12-14)21(17(23)10-11-26(2)3)25-22(24-18)20-13-15-6-4-5-7-19(15)27-20/h4-9,12-13,17H,10-11,23H2,1-3H3. The van der Waals surface area contributed by atoms with Gasteiger partial charge in [0.1, 0.15) is 5.58 Å². The van der Waals surface area contributed by atoms with Crippen molar-refractivity contribution in [3.8, 4) is 11.6 Å². The highest BCUT2D eigenvalue weighted by Crippen LogP contribution is 2.30. The van der Waals surface area contributed by atoms with Crippen LogP contribution in [0.15, 0.2) is 52.9 Å². The zero-order valence-corrected chi connectivity index (χ0v) is 15.9. The predicted octanol–water partition coefficient (Wildman–Crippen LogP) is 4.30. The number of rotatable bonds is 5. The van der Waals surface area contributed by atoms with Crippen molar-refractivity contribution in [2.75, 3.05) is 20.6 Å². The van der Waals surface area contributed by atoms with Gasteiger partial charge in [0.05, 0.1) is 11.2 Å².